The normalized spacial score (nSPS) is 10.3. The fourth-order valence-corrected chi connectivity index (χ4v) is 1.56. The Morgan fingerprint density at radius 3 is 2.72 bits per heavy atom. The quantitative estimate of drug-likeness (QED) is 0.628. The number of nitrogens with zero attached hydrogens (tertiary/aromatic N) is 2. The largest absolute Gasteiger partial charge is 0.364 e. The van der Waals surface area contributed by atoms with Gasteiger partial charge in [0.15, 0.2) is 0 Å². The van der Waals surface area contributed by atoms with Crippen molar-refractivity contribution in [1.82, 2.24) is 10.2 Å². The Bertz CT molecular complexity index is 633. The van der Waals surface area contributed by atoms with Crippen LogP contribution in [0.25, 0.3) is 11.3 Å². The lowest BCUT2D eigenvalue weighted by molar-refractivity contribution is -0.385. The lowest BCUT2D eigenvalue weighted by Crippen LogP contribution is -2.10. The van der Waals surface area contributed by atoms with Crippen molar-refractivity contribution >= 4 is 11.6 Å². The van der Waals surface area contributed by atoms with Gasteiger partial charge in [-0.15, -0.1) is 0 Å². The molecule has 0 bridgehead atoms. The maximum atomic E-state index is 10.9. The van der Waals surface area contributed by atoms with E-state index in [1.165, 1.54) is 12.1 Å². The second kappa shape index (κ2) is 4.28. The molecule has 0 spiro atoms. The first-order valence-corrected chi connectivity index (χ1v) is 5.09. The minimum absolute atomic E-state index is 0.0103. The number of carbonyl (C=O) groups is 1. The summed E-state index contributed by atoms with van der Waals surface area (Å²) in [5.41, 5.74) is 6.81. The van der Waals surface area contributed by atoms with E-state index in [1.54, 1.807) is 19.1 Å². The number of H-pyrrole nitrogens is 1. The van der Waals surface area contributed by atoms with Gasteiger partial charge in [0.25, 0.3) is 11.6 Å². The number of rotatable bonds is 3. The summed E-state index contributed by atoms with van der Waals surface area (Å²) in [6.45, 7) is 1.65. The van der Waals surface area contributed by atoms with Gasteiger partial charge < -0.3 is 5.73 Å². The number of nitrogens with two attached hydrogens (primary N) is 1. The molecule has 1 amide bonds. The van der Waals surface area contributed by atoms with Crippen molar-refractivity contribution in [1.29, 1.82) is 0 Å². The third kappa shape index (κ3) is 2.05. The molecule has 0 aliphatic rings. The van der Waals surface area contributed by atoms with Crippen molar-refractivity contribution in [2.24, 2.45) is 5.73 Å². The summed E-state index contributed by atoms with van der Waals surface area (Å²) in [7, 11) is 0. The standard InChI is InChI=1S/C11H10N4O3/c1-6-2-3-7(4-10(6)15(17)18)8-5-9(11(12)16)14-13-8/h2-5H,1H3,(H2,12,16)(H,13,14). The molecule has 1 heterocycles. The van der Waals surface area contributed by atoms with E-state index in [0.717, 1.165) is 0 Å². The molecule has 0 radical (unpaired) electrons. The number of aromatic nitrogens is 2. The first-order valence-electron chi connectivity index (χ1n) is 5.09. The highest BCUT2D eigenvalue weighted by Crippen LogP contribution is 2.25. The van der Waals surface area contributed by atoms with Crippen LogP contribution in [0.1, 0.15) is 16.1 Å². The highest BCUT2D eigenvalue weighted by atomic mass is 16.6. The van der Waals surface area contributed by atoms with Crippen molar-refractivity contribution in [3.63, 3.8) is 0 Å². The van der Waals surface area contributed by atoms with Crippen LogP contribution in [0.5, 0.6) is 0 Å². The fraction of sp³-hybridized carbons (Fsp3) is 0.0909. The molecule has 0 atom stereocenters. The van der Waals surface area contributed by atoms with Gasteiger partial charge in [-0.3, -0.25) is 20.0 Å². The molecule has 2 aromatic rings. The lowest BCUT2D eigenvalue weighted by Gasteiger charge is -1.99. The van der Waals surface area contributed by atoms with Gasteiger partial charge in [-0.05, 0) is 13.0 Å². The summed E-state index contributed by atoms with van der Waals surface area (Å²) in [5, 5.41) is 17.2. The monoisotopic (exact) mass is 246 g/mol. The predicted molar refractivity (Wildman–Crippen MR) is 63.9 cm³/mol. The van der Waals surface area contributed by atoms with E-state index >= 15 is 0 Å². The van der Waals surface area contributed by atoms with Crippen molar-refractivity contribution in [3.8, 4) is 11.3 Å². The van der Waals surface area contributed by atoms with E-state index in [9.17, 15) is 14.9 Å². The third-order valence-corrected chi connectivity index (χ3v) is 2.54. The van der Waals surface area contributed by atoms with E-state index in [4.69, 9.17) is 5.73 Å². The molecule has 0 unspecified atom stereocenters. The summed E-state index contributed by atoms with van der Waals surface area (Å²) in [4.78, 5) is 21.3. The Morgan fingerprint density at radius 1 is 1.44 bits per heavy atom. The highest BCUT2D eigenvalue weighted by molar-refractivity contribution is 5.91. The molecule has 0 aliphatic heterocycles. The van der Waals surface area contributed by atoms with Crippen LogP contribution < -0.4 is 5.73 Å². The predicted octanol–water partition coefficient (Wildman–Crippen LogP) is 1.39. The number of aromatic amines is 1. The number of hydrogen-bond acceptors (Lipinski definition) is 4. The second-order valence-electron chi connectivity index (χ2n) is 3.79. The number of amides is 1. The number of nitro groups is 1. The van der Waals surface area contributed by atoms with Crippen LogP contribution in [0, 0.1) is 17.0 Å². The molecule has 7 nitrogen and oxygen atoms in total. The number of primary amides is 1. The molecule has 0 saturated heterocycles. The van der Waals surface area contributed by atoms with E-state index in [0.29, 0.717) is 16.8 Å². The van der Waals surface area contributed by atoms with Gasteiger partial charge in [-0.2, -0.15) is 5.10 Å². The number of hydrogen-bond donors (Lipinski definition) is 2. The van der Waals surface area contributed by atoms with Gasteiger partial charge in [0.05, 0.1) is 10.6 Å². The maximum absolute atomic E-state index is 10.9. The third-order valence-electron chi connectivity index (χ3n) is 2.54. The molecular formula is C11H10N4O3. The van der Waals surface area contributed by atoms with Crippen molar-refractivity contribution < 1.29 is 9.72 Å². The molecule has 7 heteroatoms. The van der Waals surface area contributed by atoms with Gasteiger partial charge in [0.1, 0.15) is 5.69 Å². The van der Waals surface area contributed by atoms with Crippen LogP contribution in [0.15, 0.2) is 24.3 Å². The summed E-state index contributed by atoms with van der Waals surface area (Å²) >= 11 is 0. The molecular weight excluding hydrogens is 236 g/mol. The molecule has 0 aliphatic carbocycles. The van der Waals surface area contributed by atoms with Gasteiger partial charge in [-0.25, -0.2) is 0 Å². The zero-order valence-corrected chi connectivity index (χ0v) is 9.51. The summed E-state index contributed by atoms with van der Waals surface area (Å²) in [6, 6.07) is 6.20. The number of carbonyl (C=O) groups excluding carboxylic acids is 1. The molecule has 2 rings (SSSR count). The van der Waals surface area contributed by atoms with Crippen LogP contribution in [-0.4, -0.2) is 21.0 Å². The van der Waals surface area contributed by atoms with Crippen LogP contribution in [0.2, 0.25) is 0 Å². The van der Waals surface area contributed by atoms with Gasteiger partial charge in [0, 0.05) is 17.2 Å². The Balaban J connectivity index is 2.47. The summed E-state index contributed by atoms with van der Waals surface area (Å²) < 4.78 is 0. The van der Waals surface area contributed by atoms with Gasteiger partial charge in [0.2, 0.25) is 0 Å². The average molecular weight is 246 g/mol. The first-order chi connectivity index (χ1) is 8.49. The molecule has 18 heavy (non-hydrogen) atoms. The SMILES string of the molecule is Cc1ccc(-c2cc(C(N)=O)[nH]n2)cc1[N+](=O)[O-]. The Kier molecular flexibility index (Phi) is 2.80. The minimum Gasteiger partial charge on any atom is -0.364 e. The number of nitro benzene ring substituents is 1. The van der Waals surface area contributed by atoms with E-state index < -0.39 is 10.8 Å². The van der Waals surface area contributed by atoms with E-state index in [2.05, 4.69) is 10.2 Å². The first kappa shape index (κ1) is 11.8. The maximum Gasteiger partial charge on any atom is 0.272 e. The molecule has 1 aromatic heterocycles. The van der Waals surface area contributed by atoms with Crippen LogP contribution in [0.4, 0.5) is 5.69 Å². The van der Waals surface area contributed by atoms with Gasteiger partial charge >= 0.3 is 0 Å². The molecule has 0 fully saturated rings. The molecule has 3 N–H and O–H groups in total. The molecule has 1 aromatic carbocycles. The Labute approximate surface area is 102 Å². The van der Waals surface area contributed by atoms with E-state index in [-0.39, 0.29) is 11.4 Å². The van der Waals surface area contributed by atoms with Crippen molar-refractivity contribution in [2.45, 2.75) is 6.92 Å². The van der Waals surface area contributed by atoms with Crippen LogP contribution in [-0.2, 0) is 0 Å². The zero-order chi connectivity index (χ0) is 13.3. The van der Waals surface area contributed by atoms with Crippen LogP contribution >= 0.6 is 0 Å². The molecule has 0 saturated carbocycles. The zero-order valence-electron chi connectivity index (χ0n) is 9.51. The number of nitrogens with one attached hydrogen (secondary N) is 1. The van der Waals surface area contributed by atoms with Crippen LogP contribution in [0.3, 0.4) is 0 Å². The smallest absolute Gasteiger partial charge is 0.272 e. The van der Waals surface area contributed by atoms with Crippen molar-refractivity contribution in [2.75, 3.05) is 0 Å². The van der Waals surface area contributed by atoms with E-state index in [1.807, 2.05) is 0 Å². The average Bonchev–Trinajstić information content (AvgIpc) is 2.78. The fourth-order valence-electron chi connectivity index (χ4n) is 1.56. The van der Waals surface area contributed by atoms with Crippen molar-refractivity contribution in [3.05, 3.63) is 45.6 Å². The minimum atomic E-state index is -0.629. The molecule has 92 valence electrons. The highest BCUT2D eigenvalue weighted by Gasteiger charge is 2.14. The lowest BCUT2D eigenvalue weighted by atomic mass is 10.1. The number of benzene rings is 1. The Morgan fingerprint density at radius 2 is 2.17 bits per heavy atom. The number of aryl methyl sites for hydroxylation is 1. The summed E-state index contributed by atoms with van der Waals surface area (Å²) in [5.74, 6) is -0.629. The second-order valence-corrected chi connectivity index (χ2v) is 3.79. The topological polar surface area (TPSA) is 115 Å². The van der Waals surface area contributed by atoms with Gasteiger partial charge in [-0.1, -0.05) is 12.1 Å². The Hall–Kier alpha value is -2.70. The summed E-state index contributed by atoms with van der Waals surface area (Å²) in [6.07, 6.45) is 0.